The minimum Gasteiger partial charge on any atom is -0.450 e. The Morgan fingerprint density at radius 3 is 0.700 bits per heavy atom. The van der Waals surface area contributed by atoms with Crippen LogP contribution in [-0.2, 0) is 33.6 Å². The van der Waals surface area contributed by atoms with Gasteiger partial charge in [0, 0.05) is 33.6 Å². The Morgan fingerprint density at radius 2 is 0.700 bits per heavy atom. The van der Waals surface area contributed by atoms with Crippen molar-refractivity contribution in [3.8, 4) is 0 Å². The van der Waals surface area contributed by atoms with Gasteiger partial charge < -0.3 is 20.4 Å². The Morgan fingerprint density at radius 1 is 0.700 bits per heavy atom. The summed E-state index contributed by atoms with van der Waals surface area (Å²) in [6, 6.07) is 0. The van der Waals surface area contributed by atoms with Crippen molar-refractivity contribution in [3.63, 3.8) is 0 Å². The van der Waals surface area contributed by atoms with Crippen molar-refractivity contribution in [2.45, 2.75) is 0 Å². The third-order valence-corrected chi connectivity index (χ3v) is 0. The van der Waals surface area contributed by atoms with Gasteiger partial charge in [-0.1, -0.05) is 0 Å². The fourth-order valence-electron chi connectivity index (χ4n) is 0. The maximum atomic E-state index is 8.56. The van der Waals surface area contributed by atoms with Crippen LogP contribution in [0.1, 0.15) is 0 Å². The van der Waals surface area contributed by atoms with Gasteiger partial charge in [-0.15, -0.1) is 0 Å². The summed E-state index contributed by atoms with van der Waals surface area (Å²) in [6.07, 6.45) is -3.67. The molecule has 0 heterocycles. The van der Waals surface area contributed by atoms with Crippen molar-refractivity contribution in [3.05, 3.63) is 0 Å². The van der Waals surface area contributed by atoms with E-state index in [0.717, 1.165) is 0 Å². The summed E-state index contributed by atoms with van der Waals surface area (Å²) in [5.41, 5.74) is 0. The largest absolute Gasteiger partial charge is 0.503 e. The molecular weight excluding hydrogens is 238 g/mol. The Bertz CT molecular complexity index is 71.7. The standard InChI is InChI=1S/2CH2O3.2Co/c2*2-1(3)4;;/h2*(H2,2,3,4);;. The molecule has 0 amide bonds. The number of hydrogen-bond acceptors (Lipinski definition) is 2. The SMILES string of the molecule is O=C(O)O.O=C(O)O.[Co].[Co]. The predicted molar refractivity (Wildman–Crippen MR) is 21.3 cm³/mol. The van der Waals surface area contributed by atoms with Crippen molar-refractivity contribution in [2.75, 3.05) is 0 Å². The van der Waals surface area contributed by atoms with E-state index in [1.807, 2.05) is 0 Å². The summed E-state index contributed by atoms with van der Waals surface area (Å²) in [5, 5.41) is 27.9. The molecule has 4 N–H and O–H groups in total. The Labute approximate surface area is 76.3 Å². The monoisotopic (exact) mass is 242 g/mol. The zero-order chi connectivity index (χ0) is 7.15. The van der Waals surface area contributed by atoms with Crippen molar-refractivity contribution < 1.29 is 63.6 Å². The molecule has 0 aromatic heterocycles. The second-order valence-corrected chi connectivity index (χ2v) is 0.565. The molecule has 0 aromatic carbocycles. The zero-order valence-electron chi connectivity index (χ0n) is 4.27. The summed E-state index contributed by atoms with van der Waals surface area (Å²) < 4.78 is 0. The van der Waals surface area contributed by atoms with Crippen LogP contribution in [0.3, 0.4) is 0 Å². The molecule has 2 radical (unpaired) electrons. The Kier molecular flexibility index (Phi) is 35.9. The molecule has 0 aliphatic heterocycles. The van der Waals surface area contributed by atoms with Crippen molar-refractivity contribution >= 4 is 12.3 Å². The Hall–Kier alpha value is -0.447. The van der Waals surface area contributed by atoms with Gasteiger partial charge in [-0.05, 0) is 0 Å². The first-order valence-corrected chi connectivity index (χ1v) is 1.30. The summed E-state index contributed by atoms with van der Waals surface area (Å²) in [4.78, 5) is 17.1. The number of rotatable bonds is 0. The van der Waals surface area contributed by atoms with Crippen LogP contribution >= 0.6 is 0 Å². The first-order chi connectivity index (χ1) is 3.46. The molecule has 0 unspecified atom stereocenters. The second-order valence-electron chi connectivity index (χ2n) is 0.565. The van der Waals surface area contributed by atoms with Crippen LogP contribution in [0.2, 0.25) is 0 Å². The van der Waals surface area contributed by atoms with Crippen LogP contribution in [0.4, 0.5) is 9.59 Å². The fourth-order valence-corrected chi connectivity index (χ4v) is 0. The van der Waals surface area contributed by atoms with Gasteiger partial charge in [-0.3, -0.25) is 0 Å². The van der Waals surface area contributed by atoms with E-state index >= 15 is 0 Å². The Balaban J connectivity index is -0.0000000300. The molecule has 0 atom stereocenters. The summed E-state index contributed by atoms with van der Waals surface area (Å²) >= 11 is 0. The molecule has 0 bridgehead atoms. The molecule has 0 spiro atoms. The summed E-state index contributed by atoms with van der Waals surface area (Å²) in [6.45, 7) is 0. The molecule has 0 aliphatic rings. The minimum atomic E-state index is -1.83. The van der Waals surface area contributed by atoms with E-state index in [0.29, 0.717) is 0 Å². The third-order valence-electron chi connectivity index (χ3n) is 0. The van der Waals surface area contributed by atoms with Crippen LogP contribution in [0.15, 0.2) is 0 Å². The zero-order valence-corrected chi connectivity index (χ0v) is 6.35. The fraction of sp³-hybridized carbons (Fsp3) is 0. The van der Waals surface area contributed by atoms with Gasteiger partial charge in [0.1, 0.15) is 0 Å². The van der Waals surface area contributed by atoms with E-state index in [1.165, 1.54) is 0 Å². The molecule has 0 aromatic rings. The van der Waals surface area contributed by atoms with Crippen LogP contribution < -0.4 is 0 Å². The van der Waals surface area contributed by atoms with Gasteiger partial charge in [0.15, 0.2) is 0 Å². The molecule has 0 saturated carbocycles. The second kappa shape index (κ2) is 15.8. The number of carboxylic acid groups (broad SMARTS) is 4. The van der Waals surface area contributed by atoms with Gasteiger partial charge in [-0.25, -0.2) is 9.59 Å². The number of carbonyl (C=O) groups is 2. The molecule has 0 fully saturated rings. The maximum Gasteiger partial charge on any atom is 0.503 e. The average Bonchev–Trinajstić information content (AvgIpc) is 1.25. The normalized spacial score (nSPS) is 4.80. The molecule has 8 heteroatoms. The van der Waals surface area contributed by atoms with Crippen molar-refractivity contribution in [1.82, 2.24) is 0 Å². The predicted octanol–water partition coefficient (Wildman–Crippen LogP) is 0.440. The van der Waals surface area contributed by atoms with E-state index in [1.54, 1.807) is 0 Å². The van der Waals surface area contributed by atoms with Gasteiger partial charge in [0.2, 0.25) is 0 Å². The van der Waals surface area contributed by atoms with Crippen molar-refractivity contribution in [1.29, 1.82) is 0 Å². The summed E-state index contributed by atoms with van der Waals surface area (Å²) in [5.74, 6) is 0. The van der Waals surface area contributed by atoms with E-state index in [-0.39, 0.29) is 33.6 Å². The van der Waals surface area contributed by atoms with E-state index in [9.17, 15) is 0 Å². The third kappa shape index (κ3) is 1620. The quantitative estimate of drug-likeness (QED) is 0.489. The van der Waals surface area contributed by atoms with E-state index < -0.39 is 12.3 Å². The van der Waals surface area contributed by atoms with Gasteiger partial charge in [-0.2, -0.15) is 0 Å². The molecule has 6 nitrogen and oxygen atoms in total. The first kappa shape index (κ1) is 22.7. The molecule has 0 aliphatic carbocycles. The van der Waals surface area contributed by atoms with Gasteiger partial charge >= 0.3 is 12.3 Å². The van der Waals surface area contributed by atoms with Gasteiger partial charge in [0.25, 0.3) is 0 Å². The first-order valence-electron chi connectivity index (χ1n) is 1.30. The maximum absolute atomic E-state index is 8.56. The molecular formula is C2H4Co2O6. The average molecular weight is 242 g/mol. The topological polar surface area (TPSA) is 115 Å². The minimum absolute atomic E-state index is 0. The summed E-state index contributed by atoms with van der Waals surface area (Å²) in [7, 11) is 0. The van der Waals surface area contributed by atoms with E-state index in [2.05, 4.69) is 0 Å². The molecule has 10 heavy (non-hydrogen) atoms. The van der Waals surface area contributed by atoms with Crippen molar-refractivity contribution in [2.24, 2.45) is 0 Å². The van der Waals surface area contributed by atoms with Crippen LogP contribution in [0.25, 0.3) is 0 Å². The smallest absolute Gasteiger partial charge is 0.450 e. The molecule has 66 valence electrons. The number of hydrogen-bond donors (Lipinski definition) is 4. The van der Waals surface area contributed by atoms with Crippen LogP contribution in [0.5, 0.6) is 0 Å². The van der Waals surface area contributed by atoms with Crippen LogP contribution in [0, 0.1) is 0 Å². The molecule has 0 rings (SSSR count). The van der Waals surface area contributed by atoms with Crippen LogP contribution in [-0.4, -0.2) is 32.7 Å². The van der Waals surface area contributed by atoms with E-state index in [4.69, 9.17) is 30.0 Å². The molecule has 0 saturated heterocycles. The van der Waals surface area contributed by atoms with Gasteiger partial charge in [0.05, 0.1) is 0 Å².